The van der Waals surface area contributed by atoms with Crippen molar-refractivity contribution in [3.63, 3.8) is 0 Å². The van der Waals surface area contributed by atoms with E-state index in [9.17, 15) is 22.4 Å². The standard InChI is InChI=1S/C24H34FN9O6S/c1-4-39-21-13-27-19(12-28-21)30-23(35)32(2)18-15-33(11-8-17(18)25)22-26-9-7-20(31-22)40-24(36)29-16-6-5-10-34(14-16)41(3,37)38/h7,9,12-13,16-18H,4-6,8,10-11,14-15H2,1-3H3,(H,29,36)(H,27,30,35)/t16-,17+,18-/m0/s1. The molecular formula is C24H34FN9O6S. The van der Waals surface area contributed by atoms with Crippen LogP contribution in [0.3, 0.4) is 0 Å². The Labute approximate surface area is 237 Å². The first kappa shape index (κ1) is 30.1. The van der Waals surface area contributed by atoms with Crippen LogP contribution in [0.4, 0.5) is 25.7 Å². The molecule has 224 valence electrons. The number of ether oxygens (including phenoxy) is 2. The molecule has 3 amide bonds. The number of sulfonamides is 1. The summed E-state index contributed by atoms with van der Waals surface area (Å²) in [6, 6.07) is -0.375. The van der Waals surface area contributed by atoms with Crippen molar-refractivity contribution in [1.29, 1.82) is 0 Å². The van der Waals surface area contributed by atoms with E-state index in [0.29, 0.717) is 31.9 Å². The number of amides is 3. The van der Waals surface area contributed by atoms with Gasteiger partial charge in [0, 0.05) is 51.5 Å². The number of nitrogens with one attached hydrogen (secondary N) is 2. The third-order valence-electron chi connectivity index (χ3n) is 6.75. The van der Waals surface area contributed by atoms with E-state index in [2.05, 4.69) is 30.6 Å². The van der Waals surface area contributed by atoms with Gasteiger partial charge in [-0.15, -0.1) is 0 Å². The smallest absolute Gasteiger partial charge is 0.414 e. The molecule has 0 bridgehead atoms. The SMILES string of the molecule is CCOc1cnc(NC(=O)N(C)[C@H]2CN(c3nccc(OC(=O)N[C@H]4CCCN(S(C)(=O)=O)C4)n3)CC[C@H]2F)cn1. The molecule has 0 aliphatic carbocycles. The quantitative estimate of drug-likeness (QED) is 0.450. The average Bonchev–Trinajstić information content (AvgIpc) is 2.94. The number of alkyl halides is 1. The molecule has 3 atom stereocenters. The fraction of sp³-hybridized carbons (Fsp3) is 0.583. The maximum atomic E-state index is 14.9. The van der Waals surface area contributed by atoms with Crippen LogP contribution < -0.4 is 25.0 Å². The van der Waals surface area contributed by atoms with Gasteiger partial charge < -0.3 is 24.6 Å². The van der Waals surface area contributed by atoms with Crippen molar-refractivity contribution < 1.29 is 31.9 Å². The minimum atomic E-state index is -3.36. The van der Waals surface area contributed by atoms with Gasteiger partial charge in [0.2, 0.25) is 27.7 Å². The molecule has 0 unspecified atom stereocenters. The number of rotatable bonds is 8. The van der Waals surface area contributed by atoms with Gasteiger partial charge in [0.05, 0.1) is 31.3 Å². The van der Waals surface area contributed by atoms with Gasteiger partial charge >= 0.3 is 12.1 Å². The number of piperidine rings is 2. The lowest BCUT2D eigenvalue weighted by Gasteiger charge is -2.39. The summed E-state index contributed by atoms with van der Waals surface area (Å²) in [6.45, 7) is 3.19. The number of hydrogen-bond donors (Lipinski definition) is 2. The van der Waals surface area contributed by atoms with Crippen molar-refractivity contribution in [3.05, 3.63) is 24.7 Å². The Morgan fingerprint density at radius 3 is 2.66 bits per heavy atom. The van der Waals surface area contributed by atoms with Gasteiger partial charge in [0.25, 0.3) is 0 Å². The summed E-state index contributed by atoms with van der Waals surface area (Å²) in [6.07, 6.45) is 4.56. The topological polar surface area (TPSA) is 172 Å². The highest BCUT2D eigenvalue weighted by atomic mass is 32.2. The molecule has 4 heterocycles. The molecule has 2 N–H and O–H groups in total. The molecule has 2 aromatic heterocycles. The molecule has 2 fully saturated rings. The lowest BCUT2D eigenvalue weighted by molar-refractivity contribution is 0.133. The van der Waals surface area contributed by atoms with Crippen LogP contribution in [0, 0.1) is 0 Å². The lowest BCUT2D eigenvalue weighted by Crippen LogP contribution is -2.55. The van der Waals surface area contributed by atoms with E-state index in [1.165, 1.54) is 40.9 Å². The third-order valence-corrected chi connectivity index (χ3v) is 8.02. The highest BCUT2D eigenvalue weighted by Gasteiger charge is 2.35. The molecule has 0 saturated carbocycles. The van der Waals surface area contributed by atoms with Gasteiger partial charge in [-0.25, -0.2) is 41.7 Å². The number of urea groups is 1. The zero-order valence-corrected chi connectivity index (χ0v) is 23.9. The first-order valence-corrected chi connectivity index (χ1v) is 15.0. The van der Waals surface area contributed by atoms with Crippen LogP contribution in [-0.2, 0) is 10.0 Å². The van der Waals surface area contributed by atoms with E-state index in [-0.39, 0.29) is 43.7 Å². The summed E-state index contributed by atoms with van der Waals surface area (Å²) in [7, 11) is -1.88. The van der Waals surface area contributed by atoms with Crippen molar-refractivity contribution in [1.82, 2.24) is 34.5 Å². The Morgan fingerprint density at radius 1 is 1.15 bits per heavy atom. The van der Waals surface area contributed by atoms with E-state index in [4.69, 9.17) is 9.47 Å². The van der Waals surface area contributed by atoms with Gasteiger partial charge in [-0.05, 0) is 26.2 Å². The number of aromatic nitrogens is 4. The minimum Gasteiger partial charge on any atom is -0.477 e. The lowest BCUT2D eigenvalue weighted by atomic mass is 10.0. The van der Waals surface area contributed by atoms with Crippen LogP contribution in [0.1, 0.15) is 26.2 Å². The van der Waals surface area contributed by atoms with E-state index in [1.54, 1.807) is 4.90 Å². The van der Waals surface area contributed by atoms with Gasteiger partial charge in [0.1, 0.15) is 6.17 Å². The molecule has 15 nitrogen and oxygen atoms in total. The molecule has 0 spiro atoms. The summed E-state index contributed by atoms with van der Waals surface area (Å²) in [5, 5.41) is 5.28. The van der Waals surface area contributed by atoms with Gasteiger partial charge in [0.15, 0.2) is 5.82 Å². The van der Waals surface area contributed by atoms with Crippen molar-refractivity contribution in [2.75, 3.05) is 56.3 Å². The zero-order valence-electron chi connectivity index (χ0n) is 23.1. The minimum absolute atomic E-state index is 0.0256. The first-order valence-electron chi connectivity index (χ1n) is 13.2. The summed E-state index contributed by atoms with van der Waals surface area (Å²) in [5.74, 6) is 0.695. The van der Waals surface area contributed by atoms with Crippen LogP contribution in [0.2, 0.25) is 0 Å². The number of nitrogens with zero attached hydrogens (tertiary/aromatic N) is 7. The maximum absolute atomic E-state index is 14.9. The Hall–Kier alpha value is -3.86. The van der Waals surface area contributed by atoms with Crippen LogP contribution in [-0.4, -0.2) is 114 Å². The van der Waals surface area contributed by atoms with E-state index < -0.39 is 40.4 Å². The fourth-order valence-corrected chi connectivity index (χ4v) is 5.51. The zero-order chi connectivity index (χ0) is 29.6. The Morgan fingerprint density at radius 2 is 1.95 bits per heavy atom. The highest BCUT2D eigenvalue weighted by molar-refractivity contribution is 7.88. The fourth-order valence-electron chi connectivity index (χ4n) is 4.60. The van der Waals surface area contributed by atoms with Crippen molar-refractivity contribution >= 4 is 33.9 Å². The number of carbonyl (C=O) groups excluding carboxylic acids is 2. The Kier molecular flexibility index (Phi) is 9.69. The predicted octanol–water partition coefficient (Wildman–Crippen LogP) is 1.26. The molecule has 4 rings (SSSR count). The number of halogens is 1. The summed E-state index contributed by atoms with van der Waals surface area (Å²) in [5.41, 5.74) is 0. The molecule has 2 aliphatic heterocycles. The molecule has 2 saturated heterocycles. The predicted molar refractivity (Wildman–Crippen MR) is 146 cm³/mol. The van der Waals surface area contributed by atoms with Crippen molar-refractivity contribution in [3.8, 4) is 11.8 Å². The van der Waals surface area contributed by atoms with Gasteiger partial charge in [-0.1, -0.05) is 0 Å². The number of anilines is 2. The highest BCUT2D eigenvalue weighted by Crippen LogP contribution is 2.24. The maximum Gasteiger partial charge on any atom is 0.414 e. The van der Waals surface area contributed by atoms with Crippen LogP contribution in [0.5, 0.6) is 11.8 Å². The summed E-state index contributed by atoms with van der Waals surface area (Å²) < 4.78 is 50.5. The van der Waals surface area contributed by atoms with Crippen LogP contribution in [0.25, 0.3) is 0 Å². The molecule has 2 aliphatic rings. The van der Waals surface area contributed by atoms with E-state index in [0.717, 1.165) is 6.26 Å². The summed E-state index contributed by atoms with van der Waals surface area (Å²) in [4.78, 5) is 44.9. The molecular weight excluding hydrogens is 561 g/mol. The number of carbonyl (C=O) groups is 2. The summed E-state index contributed by atoms with van der Waals surface area (Å²) >= 11 is 0. The van der Waals surface area contributed by atoms with Crippen LogP contribution in [0.15, 0.2) is 24.7 Å². The molecule has 0 aromatic carbocycles. The Balaban J connectivity index is 1.34. The van der Waals surface area contributed by atoms with Gasteiger partial charge in [-0.3, -0.25) is 5.32 Å². The normalized spacial score (nSPS) is 21.6. The molecule has 0 radical (unpaired) electrons. The largest absolute Gasteiger partial charge is 0.477 e. The van der Waals surface area contributed by atoms with E-state index in [1.807, 2.05) is 6.92 Å². The monoisotopic (exact) mass is 595 g/mol. The second kappa shape index (κ2) is 13.2. The van der Waals surface area contributed by atoms with Crippen LogP contribution >= 0.6 is 0 Å². The number of hydrogen-bond acceptors (Lipinski definition) is 11. The van der Waals surface area contributed by atoms with E-state index >= 15 is 0 Å². The first-order chi connectivity index (χ1) is 19.5. The Bertz CT molecular complexity index is 1320. The molecule has 41 heavy (non-hydrogen) atoms. The third kappa shape index (κ3) is 8.09. The molecule has 2 aromatic rings. The number of likely N-dealkylation sites (N-methyl/N-ethyl adjacent to an activating group) is 1. The molecule has 17 heteroatoms. The van der Waals surface area contributed by atoms with Crippen molar-refractivity contribution in [2.24, 2.45) is 0 Å². The van der Waals surface area contributed by atoms with Gasteiger partial charge in [-0.2, -0.15) is 4.98 Å². The average molecular weight is 596 g/mol. The van der Waals surface area contributed by atoms with Crippen molar-refractivity contribution in [2.45, 2.75) is 44.4 Å². The second-order valence-corrected chi connectivity index (χ2v) is 11.7. The second-order valence-electron chi connectivity index (χ2n) is 9.72.